The van der Waals surface area contributed by atoms with E-state index in [-0.39, 0.29) is 0 Å². The molecule has 1 heterocycles. The van der Waals surface area contributed by atoms with Gasteiger partial charge in [-0.3, -0.25) is 4.90 Å². The summed E-state index contributed by atoms with van der Waals surface area (Å²) < 4.78 is 0. The zero-order chi connectivity index (χ0) is 13.3. The third kappa shape index (κ3) is 2.52. The lowest BCUT2D eigenvalue weighted by Gasteiger charge is -2.25. The molecule has 1 aromatic rings. The molecule has 18 heavy (non-hydrogen) atoms. The Hall–Kier alpha value is -1.06. The Balaban J connectivity index is 2.28. The van der Waals surface area contributed by atoms with Crippen LogP contribution in [-0.2, 0) is 6.54 Å². The van der Waals surface area contributed by atoms with Crippen molar-refractivity contribution < 1.29 is 0 Å². The minimum Gasteiger partial charge on any atom is -0.378 e. The molecule has 0 amide bonds. The molecule has 0 saturated carbocycles. The van der Waals surface area contributed by atoms with Crippen molar-refractivity contribution in [2.45, 2.75) is 26.4 Å². The van der Waals surface area contributed by atoms with E-state index in [4.69, 9.17) is 5.73 Å². The van der Waals surface area contributed by atoms with Gasteiger partial charge in [-0.1, -0.05) is 19.9 Å². The lowest BCUT2D eigenvalue weighted by atomic mass is 10.0. The second-order valence-corrected chi connectivity index (χ2v) is 5.85. The quantitative estimate of drug-likeness (QED) is 0.885. The predicted molar refractivity (Wildman–Crippen MR) is 77.8 cm³/mol. The second-order valence-electron chi connectivity index (χ2n) is 5.85. The second kappa shape index (κ2) is 5.29. The van der Waals surface area contributed by atoms with Crippen molar-refractivity contribution in [1.82, 2.24) is 4.90 Å². The number of nitrogens with two attached hydrogens (primary N) is 1. The fraction of sp³-hybridized carbons (Fsp3) is 0.600. The molecule has 0 spiro atoms. The van der Waals surface area contributed by atoms with Crippen molar-refractivity contribution in [3.63, 3.8) is 0 Å². The van der Waals surface area contributed by atoms with Crippen LogP contribution in [-0.4, -0.2) is 32.1 Å². The monoisotopic (exact) mass is 247 g/mol. The van der Waals surface area contributed by atoms with Crippen LogP contribution in [0.15, 0.2) is 18.2 Å². The van der Waals surface area contributed by atoms with Gasteiger partial charge >= 0.3 is 0 Å². The van der Waals surface area contributed by atoms with E-state index in [2.05, 4.69) is 55.9 Å². The van der Waals surface area contributed by atoms with E-state index in [0.29, 0.717) is 18.5 Å². The van der Waals surface area contributed by atoms with Gasteiger partial charge in [-0.05, 0) is 29.2 Å². The van der Waals surface area contributed by atoms with Crippen molar-refractivity contribution >= 4 is 5.69 Å². The summed E-state index contributed by atoms with van der Waals surface area (Å²) in [5.41, 5.74) is 10.1. The summed E-state index contributed by atoms with van der Waals surface area (Å²) in [6.07, 6.45) is 0. The molecule has 2 rings (SSSR count). The van der Waals surface area contributed by atoms with Crippen molar-refractivity contribution in [1.29, 1.82) is 0 Å². The highest BCUT2D eigenvalue weighted by Gasteiger charge is 2.29. The number of hydrogen-bond donors (Lipinski definition) is 1. The minimum atomic E-state index is 0.391. The first-order chi connectivity index (χ1) is 8.52. The first-order valence-corrected chi connectivity index (χ1v) is 6.77. The summed E-state index contributed by atoms with van der Waals surface area (Å²) in [5, 5.41) is 0. The van der Waals surface area contributed by atoms with Crippen molar-refractivity contribution in [2.75, 3.05) is 32.1 Å². The molecule has 0 saturated heterocycles. The Kier molecular flexibility index (Phi) is 3.93. The molecule has 2 N–H and O–H groups in total. The fourth-order valence-electron chi connectivity index (χ4n) is 2.78. The van der Waals surface area contributed by atoms with Crippen LogP contribution in [0.4, 0.5) is 5.69 Å². The fourth-order valence-corrected chi connectivity index (χ4v) is 2.78. The Morgan fingerprint density at radius 1 is 1.39 bits per heavy atom. The number of fused-ring (bicyclic) bond motifs is 1. The molecule has 0 aromatic heterocycles. The summed E-state index contributed by atoms with van der Waals surface area (Å²) in [7, 11) is 4.17. The van der Waals surface area contributed by atoms with E-state index in [0.717, 1.165) is 13.1 Å². The summed E-state index contributed by atoms with van der Waals surface area (Å²) in [6.45, 7) is 7.40. The third-order valence-corrected chi connectivity index (χ3v) is 3.64. The van der Waals surface area contributed by atoms with Gasteiger partial charge in [-0.15, -0.1) is 0 Å². The summed E-state index contributed by atoms with van der Waals surface area (Å²) >= 11 is 0. The summed E-state index contributed by atoms with van der Waals surface area (Å²) in [5.74, 6) is 0.682. The summed E-state index contributed by atoms with van der Waals surface area (Å²) in [6, 6.07) is 7.15. The minimum absolute atomic E-state index is 0.391. The lowest BCUT2D eigenvalue weighted by Crippen LogP contribution is -2.31. The van der Waals surface area contributed by atoms with Crippen LogP contribution in [0, 0.1) is 5.92 Å². The Bertz CT molecular complexity index is 412. The average molecular weight is 247 g/mol. The molecule has 0 aliphatic carbocycles. The van der Waals surface area contributed by atoms with E-state index in [9.17, 15) is 0 Å². The lowest BCUT2D eigenvalue weighted by molar-refractivity contribution is 0.195. The smallest absolute Gasteiger partial charge is 0.0478 e. The maximum atomic E-state index is 5.99. The number of nitrogens with zero attached hydrogens (tertiary/aromatic N) is 2. The zero-order valence-electron chi connectivity index (χ0n) is 12.0. The number of benzene rings is 1. The first kappa shape index (κ1) is 13.4. The molecule has 0 bridgehead atoms. The highest BCUT2D eigenvalue weighted by Crippen LogP contribution is 2.35. The van der Waals surface area contributed by atoms with Crippen LogP contribution in [0.3, 0.4) is 0 Å². The van der Waals surface area contributed by atoms with Gasteiger partial charge in [-0.25, -0.2) is 0 Å². The predicted octanol–water partition coefficient (Wildman–Crippen LogP) is 2.22. The molecule has 100 valence electrons. The third-order valence-electron chi connectivity index (χ3n) is 3.64. The molecule has 3 heteroatoms. The Morgan fingerprint density at radius 2 is 2.11 bits per heavy atom. The maximum Gasteiger partial charge on any atom is 0.0478 e. The Labute approximate surface area is 111 Å². The largest absolute Gasteiger partial charge is 0.378 e. The van der Waals surface area contributed by atoms with E-state index in [1.54, 1.807) is 0 Å². The Morgan fingerprint density at radius 3 is 2.67 bits per heavy atom. The van der Waals surface area contributed by atoms with Crippen LogP contribution in [0.25, 0.3) is 0 Å². The molecule has 1 aliphatic rings. The van der Waals surface area contributed by atoms with E-state index in [1.807, 2.05) is 0 Å². The van der Waals surface area contributed by atoms with E-state index >= 15 is 0 Å². The van der Waals surface area contributed by atoms with Crippen LogP contribution >= 0.6 is 0 Å². The normalized spacial score (nSPS) is 19.3. The number of rotatable bonds is 4. The molecule has 1 aromatic carbocycles. The topological polar surface area (TPSA) is 32.5 Å². The summed E-state index contributed by atoms with van der Waals surface area (Å²) in [4.78, 5) is 4.66. The van der Waals surface area contributed by atoms with Crippen molar-refractivity contribution in [2.24, 2.45) is 11.7 Å². The van der Waals surface area contributed by atoms with Gasteiger partial charge < -0.3 is 10.6 Å². The van der Waals surface area contributed by atoms with Crippen LogP contribution in [0.5, 0.6) is 0 Å². The van der Waals surface area contributed by atoms with Crippen molar-refractivity contribution in [3.8, 4) is 0 Å². The SMILES string of the molecule is CC(C)CN1Cc2ccc(N(C)C)cc2C1CN. The molecule has 3 nitrogen and oxygen atoms in total. The zero-order valence-corrected chi connectivity index (χ0v) is 12.0. The van der Waals surface area contributed by atoms with Gasteiger partial charge in [-0.2, -0.15) is 0 Å². The molecule has 0 fully saturated rings. The van der Waals surface area contributed by atoms with Gasteiger partial charge in [0.1, 0.15) is 0 Å². The van der Waals surface area contributed by atoms with Crippen LogP contribution < -0.4 is 10.6 Å². The van der Waals surface area contributed by atoms with Crippen molar-refractivity contribution in [3.05, 3.63) is 29.3 Å². The van der Waals surface area contributed by atoms with Gasteiger partial charge in [0, 0.05) is 45.5 Å². The highest BCUT2D eigenvalue weighted by atomic mass is 15.2. The van der Waals surface area contributed by atoms with Gasteiger partial charge in [0.15, 0.2) is 0 Å². The van der Waals surface area contributed by atoms with Gasteiger partial charge in [0.25, 0.3) is 0 Å². The molecule has 0 radical (unpaired) electrons. The van der Waals surface area contributed by atoms with Crippen LogP contribution in [0.1, 0.15) is 31.0 Å². The average Bonchev–Trinajstić information content (AvgIpc) is 2.63. The van der Waals surface area contributed by atoms with Gasteiger partial charge in [0.2, 0.25) is 0 Å². The van der Waals surface area contributed by atoms with E-state index < -0.39 is 0 Å². The molecule has 1 atom stereocenters. The standard InChI is InChI=1S/C15H25N3/c1-11(2)9-18-10-12-5-6-13(17(3)4)7-14(12)15(18)8-16/h5-7,11,15H,8-10,16H2,1-4H3. The van der Waals surface area contributed by atoms with E-state index in [1.165, 1.54) is 16.8 Å². The van der Waals surface area contributed by atoms with Gasteiger partial charge in [0.05, 0.1) is 0 Å². The molecule has 1 aliphatic heterocycles. The van der Waals surface area contributed by atoms with Crippen LogP contribution in [0.2, 0.25) is 0 Å². The highest BCUT2D eigenvalue weighted by molar-refractivity contribution is 5.52. The number of anilines is 1. The first-order valence-electron chi connectivity index (χ1n) is 6.77. The number of hydrogen-bond acceptors (Lipinski definition) is 3. The molecule has 1 unspecified atom stereocenters. The molecular weight excluding hydrogens is 222 g/mol. The molecular formula is C15H25N3. The maximum absolute atomic E-state index is 5.99.